The summed E-state index contributed by atoms with van der Waals surface area (Å²) in [5.74, 6) is 1.11. The summed E-state index contributed by atoms with van der Waals surface area (Å²) < 4.78 is 12.0. The smallest absolute Gasteiger partial charge is 0.338 e. The molecular formula is C29H28Cl2N4O3S. The first-order valence-corrected chi connectivity index (χ1v) is 15.1. The van der Waals surface area contributed by atoms with E-state index in [1.54, 1.807) is 17.4 Å². The third-order valence-electron chi connectivity index (χ3n) is 8.09. The van der Waals surface area contributed by atoms with Gasteiger partial charge in [-0.3, -0.25) is 0 Å². The number of hydrogen-bond acceptors (Lipinski definition) is 8. The van der Waals surface area contributed by atoms with E-state index in [0.717, 1.165) is 63.6 Å². The predicted molar refractivity (Wildman–Crippen MR) is 154 cm³/mol. The number of hydrogen-bond donors (Lipinski definition) is 1. The maximum absolute atomic E-state index is 12.2. The lowest BCUT2D eigenvalue weighted by Gasteiger charge is -2.55. The fourth-order valence-electron chi connectivity index (χ4n) is 6.04. The molecular weight excluding hydrogens is 555 g/mol. The number of carbonyl (C=O) groups excluding carboxylic acids is 1. The van der Waals surface area contributed by atoms with Crippen LogP contribution in [0, 0.1) is 0 Å². The Morgan fingerprint density at radius 2 is 1.92 bits per heavy atom. The molecule has 4 heterocycles. The van der Waals surface area contributed by atoms with Crippen molar-refractivity contribution in [3.63, 3.8) is 0 Å². The van der Waals surface area contributed by atoms with Gasteiger partial charge < -0.3 is 19.5 Å². The third kappa shape index (κ3) is 4.61. The van der Waals surface area contributed by atoms with Gasteiger partial charge in [0.15, 0.2) is 5.13 Å². The average molecular weight is 584 g/mol. The Labute approximate surface area is 240 Å². The molecule has 1 N–H and O–H groups in total. The predicted octanol–water partition coefficient (Wildman–Crippen LogP) is 7.21. The van der Waals surface area contributed by atoms with E-state index in [0.29, 0.717) is 52.8 Å². The van der Waals surface area contributed by atoms with E-state index in [2.05, 4.69) is 15.4 Å². The number of nitrogens with one attached hydrogen (secondary N) is 1. The molecule has 2 aromatic carbocycles. The monoisotopic (exact) mass is 582 g/mol. The van der Waals surface area contributed by atoms with Crippen molar-refractivity contribution in [3.05, 3.63) is 63.3 Å². The molecule has 0 spiro atoms. The second-order valence-electron chi connectivity index (χ2n) is 10.6. The molecule has 2 saturated heterocycles. The Hall–Kier alpha value is -2.65. The number of rotatable bonds is 8. The van der Waals surface area contributed by atoms with Crippen molar-refractivity contribution in [1.29, 1.82) is 0 Å². The number of ether oxygens (including phenoxy) is 1. The Morgan fingerprint density at radius 1 is 1.15 bits per heavy atom. The number of piperidine rings is 1. The summed E-state index contributed by atoms with van der Waals surface area (Å²) in [7, 11) is 0. The molecule has 4 fully saturated rings. The number of thiazole rings is 1. The van der Waals surface area contributed by atoms with E-state index >= 15 is 0 Å². The van der Waals surface area contributed by atoms with Gasteiger partial charge >= 0.3 is 5.97 Å². The highest BCUT2D eigenvalue weighted by molar-refractivity contribution is 7.22. The zero-order valence-corrected chi connectivity index (χ0v) is 23.8. The number of aromatic nitrogens is 2. The second kappa shape index (κ2) is 10.1. The molecule has 2 aliphatic carbocycles. The van der Waals surface area contributed by atoms with Crippen LogP contribution in [0.5, 0.6) is 0 Å². The van der Waals surface area contributed by atoms with Gasteiger partial charge in [-0.15, -0.1) is 0 Å². The molecule has 0 radical (unpaired) electrons. The van der Waals surface area contributed by atoms with Gasteiger partial charge in [-0.05, 0) is 69.4 Å². The summed E-state index contributed by atoms with van der Waals surface area (Å²) in [5.41, 5.74) is 4.07. The maximum atomic E-state index is 12.2. The van der Waals surface area contributed by atoms with Gasteiger partial charge in [0, 0.05) is 41.7 Å². The van der Waals surface area contributed by atoms with Gasteiger partial charge in [0.25, 0.3) is 0 Å². The van der Waals surface area contributed by atoms with Gasteiger partial charge in [-0.2, -0.15) is 0 Å². The summed E-state index contributed by atoms with van der Waals surface area (Å²) in [6, 6.07) is 12.4. The molecule has 8 rings (SSSR count). The van der Waals surface area contributed by atoms with Crippen molar-refractivity contribution in [1.82, 2.24) is 15.5 Å². The zero-order chi connectivity index (χ0) is 26.7. The number of nitrogens with zero attached hydrogens (tertiary/aromatic N) is 3. The second-order valence-corrected chi connectivity index (χ2v) is 12.5. The SMILES string of the molecule is CCOC(=O)c1ccc2nc(N3C4CC(NCc5c(-c6c(Cl)cccc6Cl)noc5C5CC5)CC3C4)sc2c1. The van der Waals surface area contributed by atoms with E-state index in [4.69, 9.17) is 37.4 Å². The number of esters is 1. The molecule has 202 valence electrons. The summed E-state index contributed by atoms with van der Waals surface area (Å²) in [4.78, 5) is 19.5. The van der Waals surface area contributed by atoms with Crippen LogP contribution in [0.25, 0.3) is 21.5 Å². The van der Waals surface area contributed by atoms with E-state index in [-0.39, 0.29) is 5.97 Å². The Bertz CT molecular complexity index is 1530. The van der Waals surface area contributed by atoms with Crippen LogP contribution in [-0.4, -0.2) is 40.8 Å². The van der Waals surface area contributed by atoms with Gasteiger partial charge in [-0.1, -0.05) is 45.8 Å². The van der Waals surface area contributed by atoms with E-state index in [9.17, 15) is 4.79 Å². The van der Waals surface area contributed by atoms with Crippen molar-refractivity contribution < 1.29 is 14.1 Å². The first-order valence-electron chi connectivity index (χ1n) is 13.5. The first-order chi connectivity index (χ1) is 19.0. The van der Waals surface area contributed by atoms with Crippen LogP contribution in [0.2, 0.25) is 10.0 Å². The lowest BCUT2D eigenvalue weighted by Crippen LogP contribution is -2.64. The molecule has 2 bridgehead atoms. The number of anilines is 1. The normalized spacial score (nSPS) is 22.2. The third-order valence-corrected chi connectivity index (χ3v) is 9.75. The van der Waals surface area contributed by atoms with Crippen LogP contribution in [0.15, 0.2) is 40.9 Å². The van der Waals surface area contributed by atoms with Crippen molar-refractivity contribution in [2.45, 2.75) is 69.6 Å². The van der Waals surface area contributed by atoms with Gasteiger partial charge in [0.1, 0.15) is 11.5 Å². The summed E-state index contributed by atoms with van der Waals surface area (Å²) in [6.45, 7) is 2.86. The van der Waals surface area contributed by atoms with Crippen molar-refractivity contribution >= 4 is 55.9 Å². The minimum Gasteiger partial charge on any atom is -0.462 e. The fourth-order valence-corrected chi connectivity index (χ4v) is 7.77. The number of fused-ring (bicyclic) bond motifs is 3. The Kier molecular flexibility index (Phi) is 6.54. The number of halogens is 2. The molecule has 2 aliphatic heterocycles. The molecule has 2 aromatic heterocycles. The van der Waals surface area contributed by atoms with Crippen LogP contribution in [0.3, 0.4) is 0 Å². The first kappa shape index (κ1) is 25.3. The topological polar surface area (TPSA) is 80.5 Å². The lowest BCUT2D eigenvalue weighted by molar-refractivity contribution is 0.0526. The molecule has 10 heteroatoms. The molecule has 39 heavy (non-hydrogen) atoms. The summed E-state index contributed by atoms with van der Waals surface area (Å²) >= 11 is 14.7. The lowest BCUT2D eigenvalue weighted by atomic mass is 9.77. The Balaban J connectivity index is 1.06. The minimum atomic E-state index is -0.290. The largest absolute Gasteiger partial charge is 0.462 e. The van der Waals surface area contributed by atoms with Gasteiger partial charge in [0.2, 0.25) is 0 Å². The van der Waals surface area contributed by atoms with Crippen LogP contribution >= 0.6 is 34.5 Å². The maximum Gasteiger partial charge on any atom is 0.338 e. The molecule has 4 aliphatic rings. The van der Waals surface area contributed by atoms with Crippen molar-refractivity contribution in [2.75, 3.05) is 11.5 Å². The Morgan fingerprint density at radius 3 is 2.64 bits per heavy atom. The molecule has 4 aromatic rings. The van der Waals surface area contributed by atoms with Crippen molar-refractivity contribution in [2.24, 2.45) is 0 Å². The standard InChI is InChI=1S/C29H28Cl2N4O3S/c1-2-37-28(36)16-8-9-23-24(10-16)39-29(33-23)35-18-11-17(12-19(35)13-18)32-14-20-26(34-38-27(20)15-6-7-15)25-21(30)4-3-5-22(25)31/h3-5,8-10,15,17-19,32H,2,6-7,11-14H2,1H3. The minimum absolute atomic E-state index is 0.290. The van der Waals surface area contributed by atoms with Crippen LogP contribution in [-0.2, 0) is 11.3 Å². The molecule has 0 amide bonds. The number of benzene rings is 2. The highest BCUT2D eigenvalue weighted by Gasteiger charge is 2.46. The van der Waals surface area contributed by atoms with Crippen LogP contribution in [0.1, 0.15) is 66.6 Å². The van der Waals surface area contributed by atoms with Crippen molar-refractivity contribution in [3.8, 4) is 11.3 Å². The molecule has 2 saturated carbocycles. The molecule has 2 atom stereocenters. The highest BCUT2D eigenvalue weighted by atomic mass is 35.5. The van der Waals surface area contributed by atoms with E-state index in [1.165, 1.54) is 6.42 Å². The molecule has 7 nitrogen and oxygen atoms in total. The average Bonchev–Trinajstić information content (AvgIpc) is 3.55. The van der Waals surface area contributed by atoms with E-state index < -0.39 is 0 Å². The zero-order valence-electron chi connectivity index (χ0n) is 21.5. The summed E-state index contributed by atoms with van der Waals surface area (Å²) in [6.07, 6.45) is 5.54. The van der Waals surface area contributed by atoms with Crippen LogP contribution in [0.4, 0.5) is 5.13 Å². The fraction of sp³-hybridized carbons (Fsp3) is 0.414. The van der Waals surface area contributed by atoms with Gasteiger partial charge in [-0.25, -0.2) is 9.78 Å². The van der Waals surface area contributed by atoms with Crippen LogP contribution < -0.4 is 10.2 Å². The highest BCUT2D eigenvalue weighted by Crippen LogP contribution is 2.47. The quantitative estimate of drug-likeness (QED) is 0.220. The molecule has 2 unspecified atom stereocenters. The van der Waals surface area contributed by atoms with E-state index in [1.807, 2.05) is 37.3 Å². The summed E-state index contributed by atoms with van der Waals surface area (Å²) in [5, 5.41) is 10.4. The van der Waals surface area contributed by atoms with Gasteiger partial charge in [0.05, 0.1) is 32.4 Å². The number of carbonyl (C=O) groups is 1.